The van der Waals surface area contributed by atoms with E-state index in [9.17, 15) is 0 Å². The lowest BCUT2D eigenvalue weighted by atomic mass is 10.1. The predicted octanol–water partition coefficient (Wildman–Crippen LogP) is 0.900. The molecule has 0 saturated heterocycles. The van der Waals surface area contributed by atoms with Gasteiger partial charge in [-0.05, 0) is 24.6 Å². The lowest BCUT2D eigenvalue weighted by Gasteiger charge is -2.13. The van der Waals surface area contributed by atoms with Crippen LogP contribution in [-0.2, 0) is 6.54 Å². The minimum atomic E-state index is -0.476. The number of nitrogens with one attached hydrogen (secondary N) is 1. The number of nitrogens with two attached hydrogens (primary N) is 1. The highest BCUT2D eigenvalue weighted by molar-refractivity contribution is 5.44. The molecule has 0 radical (unpaired) electrons. The number of methoxy groups -OCH3 is 1. The topological polar surface area (TPSA) is 117 Å². The zero-order valence-corrected chi connectivity index (χ0v) is 13.5. The van der Waals surface area contributed by atoms with Gasteiger partial charge in [0.1, 0.15) is 25.0 Å². The van der Waals surface area contributed by atoms with Crippen LogP contribution in [0.15, 0.2) is 30.9 Å². The average molecular weight is 329 g/mol. The van der Waals surface area contributed by atoms with Crippen LogP contribution < -0.4 is 15.2 Å². The summed E-state index contributed by atoms with van der Waals surface area (Å²) in [4.78, 5) is 8.32. The van der Waals surface area contributed by atoms with Crippen molar-refractivity contribution in [1.82, 2.24) is 29.9 Å². The number of nitrogens with zero attached hydrogens (tertiary/aromatic N) is 5. The number of benzene rings is 1. The quantitative estimate of drug-likeness (QED) is 0.661. The largest absolute Gasteiger partial charge is 0.493 e. The molecule has 3 N–H and O–H groups in total. The highest BCUT2D eigenvalue weighted by Crippen LogP contribution is 2.30. The van der Waals surface area contributed by atoms with E-state index >= 15 is 0 Å². The molecule has 0 amide bonds. The molecule has 126 valence electrons. The first-order chi connectivity index (χ1) is 11.7. The Labute approximate surface area is 138 Å². The van der Waals surface area contributed by atoms with Gasteiger partial charge in [0.2, 0.25) is 0 Å². The monoisotopic (exact) mass is 329 g/mol. The van der Waals surface area contributed by atoms with Gasteiger partial charge in [0, 0.05) is 0 Å². The van der Waals surface area contributed by atoms with E-state index in [4.69, 9.17) is 15.2 Å². The maximum absolute atomic E-state index is 6.28. The van der Waals surface area contributed by atoms with Crippen molar-refractivity contribution in [3.8, 4) is 11.5 Å². The van der Waals surface area contributed by atoms with Gasteiger partial charge < -0.3 is 15.2 Å². The van der Waals surface area contributed by atoms with Crippen molar-refractivity contribution in [1.29, 1.82) is 0 Å². The van der Waals surface area contributed by atoms with Crippen LogP contribution in [0, 0.1) is 0 Å². The van der Waals surface area contributed by atoms with Gasteiger partial charge in [-0.25, -0.2) is 14.6 Å². The van der Waals surface area contributed by atoms with E-state index in [1.54, 1.807) is 18.1 Å². The van der Waals surface area contributed by atoms with Gasteiger partial charge in [-0.15, -0.1) is 0 Å². The molecular formula is C15H19N7O2. The maximum Gasteiger partial charge on any atom is 0.171 e. The van der Waals surface area contributed by atoms with Crippen LogP contribution in [-0.4, -0.2) is 43.7 Å². The van der Waals surface area contributed by atoms with Gasteiger partial charge >= 0.3 is 0 Å². The first kappa shape index (κ1) is 15.9. The van der Waals surface area contributed by atoms with Gasteiger partial charge in [0.15, 0.2) is 17.3 Å². The lowest BCUT2D eigenvalue weighted by molar-refractivity contribution is 0.310. The molecule has 0 unspecified atom stereocenters. The number of rotatable bonds is 7. The Morgan fingerprint density at radius 3 is 2.92 bits per heavy atom. The third-order valence-corrected chi connectivity index (χ3v) is 3.45. The molecular weight excluding hydrogens is 310 g/mol. The van der Waals surface area contributed by atoms with Crippen molar-refractivity contribution in [2.75, 3.05) is 13.7 Å². The average Bonchev–Trinajstić information content (AvgIpc) is 3.27. The second-order valence-electron chi connectivity index (χ2n) is 5.05. The number of ether oxygens (including phenoxy) is 2. The summed E-state index contributed by atoms with van der Waals surface area (Å²) in [5.74, 6) is 2.46. The molecule has 1 atom stereocenters. The Hall–Kier alpha value is -2.94. The molecule has 0 aliphatic rings. The molecule has 1 aromatic carbocycles. The molecule has 0 fully saturated rings. The van der Waals surface area contributed by atoms with Crippen molar-refractivity contribution in [3.63, 3.8) is 0 Å². The molecule has 24 heavy (non-hydrogen) atoms. The minimum absolute atomic E-state index is 0.451. The Bertz CT molecular complexity index is 785. The van der Waals surface area contributed by atoms with E-state index in [0.29, 0.717) is 36.3 Å². The Morgan fingerprint density at radius 2 is 2.21 bits per heavy atom. The summed E-state index contributed by atoms with van der Waals surface area (Å²) < 4.78 is 12.5. The van der Waals surface area contributed by atoms with Gasteiger partial charge in [-0.1, -0.05) is 6.07 Å². The van der Waals surface area contributed by atoms with Crippen molar-refractivity contribution >= 4 is 0 Å². The van der Waals surface area contributed by atoms with Crippen LogP contribution >= 0.6 is 0 Å². The molecule has 3 rings (SSSR count). The highest BCUT2D eigenvalue weighted by Gasteiger charge is 2.17. The van der Waals surface area contributed by atoms with E-state index in [1.807, 2.05) is 25.1 Å². The van der Waals surface area contributed by atoms with Crippen molar-refractivity contribution < 1.29 is 9.47 Å². The standard InChI is InChI=1S/C15H19N7O2/c1-3-24-12-6-10(4-5-11(12)23-2)14(16)15-19-13(20-21-15)7-22-9-17-8-18-22/h4-6,8-9,14H,3,7,16H2,1-2H3,(H,19,20,21)/t14-/m0/s1. The van der Waals surface area contributed by atoms with Crippen LogP contribution in [0.25, 0.3) is 0 Å². The fourth-order valence-electron chi connectivity index (χ4n) is 2.29. The second-order valence-corrected chi connectivity index (χ2v) is 5.05. The number of H-pyrrole nitrogens is 1. The first-order valence-electron chi connectivity index (χ1n) is 7.51. The fraction of sp³-hybridized carbons (Fsp3) is 0.333. The van der Waals surface area contributed by atoms with Crippen LogP contribution in [0.5, 0.6) is 11.5 Å². The second kappa shape index (κ2) is 7.09. The summed E-state index contributed by atoms with van der Waals surface area (Å²) in [5.41, 5.74) is 7.12. The van der Waals surface area contributed by atoms with E-state index in [1.165, 1.54) is 6.33 Å². The SMILES string of the molecule is CCOc1cc([C@H](N)c2n[nH]c(Cn3cncn3)n2)ccc1OC. The lowest BCUT2D eigenvalue weighted by Crippen LogP contribution is -2.14. The van der Waals surface area contributed by atoms with E-state index in [2.05, 4.69) is 25.3 Å². The molecule has 9 heteroatoms. The summed E-state index contributed by atoms with van der Waals surface area (Å²) in [7, 11) is 1.60. The molecule has 2 aromatic heterocycles. The first-order valence-corrected chi connectivity index (χ1v) is 7.51. The zero-order valence-electron chi connectivity index (χ0n) is 13.5. The molecule has 0 spiro atoms. The zero-order chi connectivity index (χ0) is 16.9. The number of aromatic nitrogens is 6. The molecule has 0 bridgehead atoms. The molecule has 2 heterocycles. The Balaban J connectivity index is 1.80. The van der Waals surface area contributed by atoms with Crippen LogP contribution in [0.1, 0.15) is 30.2 Å². The number of hydrogen-bond donors (Lipinski definition) is 2. The van der Waals surface area contributed by atoms with Crippen molar-refractivity contribution in [3.05, 3.63) is 48.1 Å². The van der Waals surface area contributed by atoms with E-state index in [0.717, 1.165) is 5.56 Å². The van der Waals surface area contributed by atoms with Crippen LogP contribution in [0.3, 0.4) is 0 Å². The van der Waals surface area contributed by atoms with Gasteiger partial charge in [0.05, 0.1) is 19.8 Å². The minimum Gasteiger partial charge on any atom is -0.493 e. The summed E-state index contributed by atoms with van der Waals surface area (Å²) in [6, 6.07) is 5.07. The summed E-state index contributed by atoms with van der Waals surface area (Å²) >= 11 is 0. The van der Waals surface area contributed by atoms with E-state index in [-0.39, 0.29) is 0 Å². The number of aromatic amines is 1. The van der Waals surface area contributed by atoms with Gasteiger partial charge in [0.25, 0.3) is 0 Å². The maximum atomic E-state index is 6.28. The van der Waals surface area contributed by atoms with Crippen molar-refractivity contribution in [2.45, 2.75) is 19.5 Å². The molecule has 9 nitrogen and oxygen atoms in total. The fourth-order valence-corrected chi connectivity index (χ4v) is 2.29. The van der Waals surface area contributed by atoms with Gasteiger partial charge in [-0.2, -0.15) is 10.2 Å². The highest BCUT2D eigenvalue weighted by atomic mass is 16.5. The van der Waals surface area contributed by atoms with Gasteiger partial charge in [-0.3, -0.25) is 5.10 Å². The Morgan fingerprint density at radius 1 is 1.33 bits per heavy atom. The summed E-state index contributed by atoms with van der Waals surface area (Å²) in [5, 5.41) is 11.1. The molecule has 0 saturated carbocycles. The smallest absolute Gasteiger partial charge is 0.171 e. The normalized spacial score (nSPS) is 12.1. The Kier molecular flexibility index (Phi) is 4.71. The third kappa shape index (κ3) is 3.35. The predicted molar refractivity (Wildman–Crippen MR) is 85.7 cm³/mol. The summed E-state index contributed by atoms with van der Waals surface area (Å²) in [6.45, 7) is 2.90. The van der Waals surface area contributed by atoms with Crippen LogP contribution in [0.2, 0.25) is 0 Å². The van der Waals surface area contributed by atoms with Crippen molar-refractivity contribution in [2.24, 2.45) is 5.73 Å². The summed E-state index contributed by atoms with van der Waals surface area (Å²) in [6.07, 6.45) is 3.08. The third-order valence-electron chi connectivity index (χ3n) is 3.45. The number of hydrogen-bond acceptors (Lipinski definition) is 7. The van der Waals surface area contributed by atoms with Crippen LogP contribution in [0.4, 0.5) is 0 Å². The van der Waals surface area contributed by atoms with E-state index < -0.39 is 6.04 Å². The molecule has 0 aliphatic carbocycles. The molecule has 0 aliphatic heterocycles. The molecule has 3 aromatic rings.